The molecule has 19 heavy (non-hydrogen) atoms. The number of fused-ring (bicyclic) bond motifs is 1. The third-order valence-corrected chi connectivity index (χ3v) is 3.92. The van der Waals surface area contributed by atoms with Gasteiger partial charge >= 0.3 is 0 Å². The molecular weight excluding hydrogens is 242 g/mol. The summed E-state index contributed by atoms with van der Waals surface area (Å²) in [6.07, 6.45) is 1.01. The number of rotatable bonds is 3. The molecule has 0 N–H and O–H groups in total. The molecule has 2 aliphatic rings. The van der Waals surface area contributed by atoms with Crippen molar-refractivity contribution in [3.63, 3.8) is 0 Å². The number of carbonyl (C=O) groups is 1. The monoisotopic (exact) mass is 261 g/mol. The Labute approximate surface area is 113 Å². The van der Waals surface area contributed by atoms with Crippen molar-refractivity contribution in [2.24, 2.45) is 5.92 Å². The van der Waals surface area contributed by atoms with E-state index in [9.17, 15) is 4.79 Å². The largest absolute Gasteiger partial charge is 0.454 e. The smallest absolute Gasteiger partial charge is 0.231 e. The van der Waals surface area contributed by atoms with Gasteiger partial charge in [-0.2, -0.15) is 0 Å². The molecule has 4 nitrogen and oxygen atoms in total. The molecule has 0 saturated heterocycles. The van der Waals surface area contributed by atoms with E-state index in [1.807, 2.05) is 37.9 Å². The number of likely N-dealkylation sites (N-methyl/N-ethyl adjacent to an activating group) is 1. The van der Waals surface area contributed by atoms with E-state index in [1.165, 1.54) is 5.56 Å². The van der Waals surface area contributed by atoms with Gasteiger partial charge in [0.25, 0.3) is 0 Å². The Morgan fingerprint density at radius 1 is 1.37 bits per heavy atom. The van der Waals surface area contributed by atoms with Crippen LogP contribution in [0.25, 0.3) is 0 Å². The quantitative estimate of drug-likeness (QED) is 0.838. The highest BCUT2D eigenvalue weighted by molar-refractivity contribution is 5.78. The van der Waals surface area contributed by atoms with Gasteiger partial charge < -0.3 is 14.4 Å². The summed E-state index contributed by atoms with van der Waals surface area (Å²) in [6, 6.07) is 6.28. The van der Waals surface area contributed by atoms with E-state index >= 15 is 0 Å². The van der Waals surface area contributed by atoms with Crippen LogP contribution in [0.3, 0.4) is 0 Å². The second kappa shape index (κ2) is 4.44. The number of carbonyl (C=O) groups excluding carboxylic acids is 1. The summed E-state index contributed by atoms with van der Waals surface area (Å²) >= 11 is 0. The third-order valence-electron chi connectivity index (χ3n) is 3.92. The number of nitrogens with zero attached hydrogens (tertiary/aromatic N) is 1. The summed E-state index contributed by atoms with van der Waals surface area (Å²) in [4.78, 5) is 13.9. The molecule has 2 atom stereocenters. The first-order valence-electron chi connectivity index (χ1n) is 6.74. The number of hydrogen-bond acceptors (Lipinski definition) is 3. The summed E-state index contributed by atoms with van der Waals surface area (Å²) < 4.78 is 10.9. The molecule has 0 bridgehead atoms. The highest BCUT2D eigenvalue weighted by Gasteiger charge is 2.45. The minimum absolute atomic E-state index is 0.0484. The molecule has 0 spiro atoms. The average Bonchev–Trinajstić information content (AvgIpc) is 3.04. The van der Waals surface area contributed by atoms with Crippen LogP contribution in [-0.2, 0) is 4.79 Å². The molecule has 1 aromatic carbocycles. The third kappa shape index (κ3) is 2.05. The van der Waals surface area contributed by atoms with Crippen LogP contribution >= 0.6 is 0 Å². The Morgan fingerprint density at radius 3 is 2.89 bits per heavy atom. The van der Waals surface area contributed by atoms with Crippen LogP contribution in [0, 0.1) is 5.92 Å². The lowest BCUT2D eigenvalue weighted by molar-refractivity contribution is -0.133. The first kappa shape index (κ1) is 12.3. The minimum atomic E-state index is 0.0484. The van der Waals surface area contributed by atoms with E-state index in [2.05, 4.69) is 6.07 Å². The second-order valence-corrected chi connectivity index (χ2v) is 5.59. The van der Waals surface area contributed by atoms with E-state index in [-0.39, 0.29) is 11.8 Å². The van der Waals surface area contributed by atoms with Gasteiger partial charge in [-0.25, -0.2) is 0 Å². The summed E-state index contributed by atoms with van der Waals surface area (Å²) in [5.74, 6) is 2.32. The molecule has 1 saturated carbocycles. The van der Waals surface area contributed by atoms with Crippen molar-refractivity contribution in [3.8, 4) is 11.5 Å². The van der Waals surface area contributed by atoms with Crippen LogP contribution in [0.1, 0.15) is 31.7 Å². The Balaban J connectivity index is 1.77. The van der Waals surface area contributed by atoms with Crippen LogP contribution in [-0.4, -0.2) is 30.7 Å². The molecule has 1 aliphatic carbocycles. The number of amides is 1. The molecule has 1 aliphatic heterocycles. The van der Waals surface area contributed by atoms with Gasteiger partial charge in [0.05, 0.1) is 0 Å². The Kier molecular flexibility index (Phi) is 2.88. The normalized spacial score (nSPS) is 23.6. The van der Waals surface area contributed by atoms with Crippen molar-refractivity contribution in [3.05, 3.63) is 23.8 Å². The standard InChI is InChI=1S/C15H19NO3/c1-9(2)15(17)16(3)12-7-11(12)10-5-4-6-13-14(10)19-8-18-13/h4-6,9,11-12H,7-8H2,1-3H3. The van der Waals surface area contributed by atoms with E-state index in [0.717, 1.165) is 17.9 Å². The van der Waals surface area contributed by atoms with Gasteiger partial charge in [0.2, 0.25) is 12.7 Å². The Hall–Kier alpha value is -1.71. The van der Waals surface area contributed by atoms with Crippen molar-refractivity contribution >= 4 is 5.91 Å². The number of benzene rings is 1. The lowest BCUT2D eigenvalue weighted by atomic mass is 10.1. The second-order valence-electron chi connectivity index (χ2n) is 5.59. The minimum Gasteiger partial charge on any atom is -0.454 e. The molecule has 2 unspecified atom stereocenters. The van der Waals surface area contributed by atoms with Crippen molar-refractivity contribution in [2.45, 2.75) is 32.2 Å². The predicted octanol–water partition coefficient (Wildman–Crippen LogP) is 2.39. The highest BCUT2D eigenvalue weighted by Crippen LogP contribution is 2.51. The van der Waals surface area contributed by atoms with Gasteiger partial charge in [0.15, 0.2) is 11.5 Å². The van der Waals surface area contributed by atoms with E-state index in [1.54, 1.807) is 0 Å². The Morgan fingerprint density at radius 2 is 2.16 bits per heavy atom. The molecule has 1 fully saturated rings. The van der Waals surface area contributed by atoms with Gasteiger partial charge in [-0.1, -0.05) is 26.0 Å². The zero-order chi connectivity index (χ0) is 13.6. The number of para-hydroxylation sites is 1. The topological polar surface area (TPSA) is 38.8 Å². The SMILES string of the molecule is CC(C)C(=O)N(C)C1CC1c1cccc2c1OCO2. The molecule has 4 heteroatoms. The first-order valence-corrected chi connectivity index (χ1v) is 6.74. The summed E-state index contributed by atoms with van der Waals surface area (Å²) in [7, 11) is 1.90. The molecule has 1 aromatic rings. The zero-order valence-electron chi connectivity index (χ0n) is 11.6. The van der Waals surface area contributed by atoms with Gasteiger partial charge in [0.1, 0.15) is 0 Å². The van der Waals surface area contributed by atoms with Crippen molar-refractivity contribution in [2.75, 3.05) is 13.8 Å². The lowest BCUT2D eigenvalue weighted by Gasteiger charge is -2.20. The predicted molar refractivity (Wildman–Crippen MR) is 71.3 cm³/mol. The maximum atomic E-state index is 12.0. The summed E-state index contributed by atoms with van der Waals surface area (Å²) in [6.45, 7) is 4.17. The molecule has 102 valence electrons. The zero-order valence-corrected chi connectivity index (χ0v) is 11.6. The van der Waals surface area contributed by atoms with Crippen LogP contribution in [0.15, 0.2) is 18.2 Å². The first-order chi connectivity index (χ1) is 9.09. The van der Waals surface area contributed by atoms with E-state index < -0.39 is 0 Å². The molecule has 1 amide bonds. The van der Waals surface area contributed by atoms with Gasteiger partial charge in [-0.05, 0) is 12.5 Å². The fourth-order valence-corrected chi connectivity index (χ4v) is 2.76. The van der Waals surface area contributed by atoms with E-state index in [4.69, 9.17) is 9.47 Å². The maximum absolute atomic E-state index is 12.0. The van der Waals surface area contributed by atoms with E-state index in [0.29, 0.717) is 18.8 Å². The van der Waals surface area contributed by atoms with Gasteiger partial charge in [0, 0.05) is 30.5 Å². The maximum Gasteiger partial charge on any atom is 0.231 e. The van der Waals surface area contributed by atoms with Crippen LogP contribution in [0.5, 0.6) is 11.5 Å². The van der Waals surface area contributed by atoms with Crippen LogP contribution in [0.4, 0.5) is 0 Å². The molecular formula is C15H19NO3. The molecule has 0 aromatic heterocycles. The van der Waals surface area contributed by atoms with Crippen molar-refractivity contribution < 1.29 is 14.3 Å². The molecule has 0 radical (unpaired) electrons. The molecule has 1 heterocycles. The average molecular weight is 261 g/mol. The fourth-order valence-electron chi connectivity index (χ4n) is 2.76. The summed E-state index contributed by atoms with van der Waals surface area (Å²) in [5.41, 5.74) is 1.17. The fraction of sp³-hybridized carbons (Fsp3) is 0.533. The van der Waals surface area contributed by atoms with Gasteiger partial charge in [-0.3, -0.25) is 4.79 Å². The number of ether oxygens (including phenoxy) is 2. The summed E-state index contributed by atoms with van der Waals surface area (Å²) in [5, 5.41) is 0. The van der Waals surface area contributed by atoms with Crippen molar-refractivity contribution in [1.82, 2.24) is 4.90 Å². The number of hydrogen-bond donors (Lipinski definition) is 0. The Bertz CT molecular complexity index is 512. The van der Waals surface area contributed by atoms with Crippen LogP contribution < -0.4 is 9.47 Å². The van der Waals surface area contributed by atoms with Crippen molar-refractivity contribution in [1.29, 1.82) is 0 Å². The van der Waals surface area contributed by atoms with Gasteiger partial charge in [-0.15, -0.1) is 0 Å². The molecule has 3 rings (SSSR count). The lowest BCUT2D eigenvalue weighted by Crippen LogP contribution is -2.33. The highest BCUT2D eigenvalue weighted by atomic mass is 16.7. The van der Waals surface area contributed by atoms with Crippen LogP contribution in [0.2, 0.25) is 0 Å².